The van der Waals surface area contributed by atoms with Crippen LogP contribution in [0.5, 0.6) is 0 Å². The summed E-state index contributed by atoms with van der Waals surface area (Å²) in [5, 5.41) is 13.6. The van der Waals surface area contributed by atoms with Crippen LogP contribution in [0.2, 0.25) is 5.02 Å². The number of anilines is 1. The first-order valence-electron chi connectivity index (χ1n) is 6.10. The van der Waals surface area contributed by atoms with Gasteiger partial charge in [0.1, 0.15) is 6.10 Å². The fourth-order valence-electron chi connectivity index (χ4n) is 2.30. The van der Waals surface area contributed by atoms with Crippen LogP contribution in [0.4, 0.5) is 5.69 Å². The first-order chi connectivity index (χ1) is 9.54. The molecule has 3 rings (SSSR count). The second-order valence-electron chi connectivity index (χ2n) is 4.71. The third-order valence-electron chi connectivity index (χ3n) is 3.33. The van der Waals surface area contributed by atoms with Crippen LogP contribution < -0.4 is 5.32 Å². The Morgan fingerprint density at radius 1 is 1.25 bits per heavy atom. The average molecular weight is 353 g/mol. The van der Waals surface area contributed by atoms with E-state index in [-0.39, 0.29) is 5.91 Å². The van der Waals surface area contributed by atoms with Crippen LogP contribution in [-0.4, -0.2) is 11.0 Å². The van der Waals surface area contributed by atoms with Crippen molar-refractivity contribution in [2.45, 2.75) is 12.5 Å². The maximum atomic E-state index is 11.4. The molecule has 0 aromatic heterocycles. The van der Waals surface area contributed by atoms with E-state index in [1.54, 1.807) is 12.1 Å². The fourth-order valence-corrected chi connectivity index (χ4v) is 2.83. The van der Waals surface area contributed by atoms with Crippen molar-refractivity contribution in [1.82, 2.24) is 0 Å². The first kappa shape index (κ1) is 13.6. The Labute approximate surface area is 129 Å². The predicted octanol–water partition coefficient (Wildman–Crippen LogP) is 3.68. The van der Waals surface area contributed by atoms with Crippen LogP contribution in [0.25, 0.3) is 0 Å². The van der Waals surface area contributed by atoms with E-state index < -0.39 is 6.10 Å². The monoisotopic (exact) mass is 351 g/mol. The average Bonchev–Trinajstić information content (AvgIpc) is 2.77. The summed E-state index contributed by atoms with van der Waals surface area (Å²) in [5.74, 6) is -0.0497. The lowest BCUT2D eigenvalue weighted by atomic mass is 9.98. The van der Waals surface area contributed by atoms with Gasteiger partial charge in [-0.2, -0.15) is 0 Å². The number of benzene rings is 2. The van der Waals surface area contributed by atoms with Crippen molar-refractivity contribution >= 4 is 39.1 Å². The van der Waals surface area contributed by atoms with Crippen molar-refractivity contribution in [3.8, 4) is 0 Å². The van der Waals surface area contributed by atoms with Crippen LogP contribution >= 0.6 is 27.5 Å². The molecule has 1 unspecified atom stereocenters. The van der Waals surface area contributed by atoms with Crippen molar-refractivity contribution in [1.29, 1.82) is 0 Å². The summed E-state index contributed by atoms with van der Waals surface area (Å²) in [7, 11) is 0. The number of carbonyl (C=O) groups is 1. The molecule has 0 aliphatic carbocycles. The molecule has 0 fully saturated rings. The van der Waals surface area contributed by atoms with Crippen molar-refractivity contribution < 1.29 is 9.90 Å². The molecule has 2 aromatic rings. The molecule has 1 aliphatic rings. The summed E-state index contributed by atoms with van der Waals surface area (Å²) >= 11 is 9.57. The zero-order valence-corrected chi connectivity index (χ0v) is 12.7. The fraction of sp³-hybridized carbons (Fsp3) is 0.133. The van der Waals surface area contributed by atoms with E-state index in [9.17, 15) is 9.90 Å². The number of amides is 1. The SMILES string of the molecule is O=C1Cc2cc(C(O)c3ccc(Br)cc3)c(Cl)cc2N1. The van der Waals surface area contributed by atoms with Crippen LogP contribution in [0, 0.1) is 0 Å². The molecular weight excluding hydrogens is 342 g/mol. The molecular formula is C15H11BrClNO2. The third-order valence-corrected chi connectivity index (χ3v) is 4.18. The molecule has 5 heteroatoms. The van der Waals surface area contributed by atoms with E-state index in [4.69, 9.17) is 11.6 Å². The van der Waals surface area contributed by atoms with Gasteiger partial charge in [0.05, 0.1) is 6.42 Å². The van der Waals surface area contributed by atoms with E-state index >= 15 is 0 Å². The van der Waals surface area contributed by atoms with Crippen LogP contribution in [0.3, 0.4) is 0 Å². The van der Waals surface area contributed by atoms with Gasteiger partial charge in [-0.15, -0.1) is 0 Å². The highest BCUT2D eigenvalue weighted by molar-refractivity contribution is 9.10. The Hall–Kier alpha value is -1.36. The quantitative estimate of drug-likeness (QED) is 0.866. The van der Waals surface area contributed by atoms with Gasteiger partial charge in [-0.3, -0.25) is 4.79 Å². The molecule has 0 spiro atoms. The van der Waals surface area contributed by atoms with Gasteiger partial charge in [0, 0.05) is 20.7 Å². The Balaban J connectivity index is 2.00. The van der Waals surface area contributed by atoms with Gasteiger partial charge in [0.15, 0.2) is 0 Å². The Morgan fingerprint density at radius 2 is 1.95 bits per heavy atom. The highest BCUT2D eigenvalue weighted by Gasteiger charge is 2.22. The summed E-state index contributed by atoms with van der Waals surface area (Å²) in [5.41, 5.74) is 2.97. The third kappa shape index (κ3) is 2.46. The van der Waals surface area contributed by atoms with Gasteiger partial charge >= 0.3 is 0 Å². The number of halogens is 2. The molecule has 2 N–H and O–H groups in total. The Bertz CT molecular complexity index is 685. The van der Waals surface area contributed by atoms with Crippen molar-refractivity contribution in [3.05, 3.63) is 62.6 Å². The molecule has 0 bridgehead atoms. The van der Waals surface area contributed by atoms with E-state index in [0.29, 0.717) is 17.0 Å². The van der Waals surface area contributed by atoms with E-state index in [1.807, 2.05) is 24.3 Å². The van der Waals surface area contributed by atoms with E-state index in [2.05, 4.69) is 21.2 Å². The molecule has 1 amide bonds. The summed E-state index contributed by atoms with van der Waals surface area (Å²) in [6.07, 6.45) is -0.483. The minimum Gasteiger partial charge on any atom is -0.384 e. The molecule has 2 aromatic carbocycles. The minimum atomic E-state index is -0.809. The molecule has 3 nitrogen and oxygen atoms in total. The maximum Gasteiger partial charge on any atom is 0.228 e. The molecule has 0 saturated heterocycles. The van der Waals surface area contributed by atoms with Gasteiger partial charge in [-0.1, -0.05) is 39.7 Å². The number of aliphatic hydroxyl groups is 1. The molecule has 1 aliphatic heterocycles. The maximum absolute atomic E-state index is 11.4. The summed E-state index contributed by atoms with van der Waals surface area (Å²) in [4.78, 5) is 11.4. The van der Waals surface area contributed by atoms with Crippen LogP contribution in [-0.2, 0) is 11.2 Å². The highest BCUT2D eigenvalue weighted by atomic mass is 79.9. The summed E-state index contributed by atoms with van der Waals surface area (Å²) in [6, 6.07) is 10.9. The summed E-state index contributed by atoms with van der Waals surface area (Å²) < 4.78 is 0.947. The number of hydrogen-bond acceptors (Lipinski definition) is 2. The zero-order valence-electron chi connectivity index (χ0n) is 10.4. The molecule has 20 heavy (non-hydrogen) atoms. The molecule has 0 radical (unpaired) electrons. The topological polar surface area (TPSA) is 49.3 Å². The summed E-state index contributed by atoms with van der Waals surface area (Å²) in [6.45, 7) is 0. The molecule has 102 valence electrons. The number of nitrogens with one attached hydrogen (secondary N) is 1. The second-order valence-corrected chi connectivity index (χ2v) is 6.03. The predicted molar refractivity (Wildman–Crippen MR) is 82.0 cm³/mol. The molecule has 1 heterocycles. The largest absolute Gasteiger partial charge is 0.384 e. The van der Waals surface area contributed by atoms with Crippen molar-refractivity contribution in [3.63, 3.8) is 0 Å². The van der Waals surface area contributed by atoms with Crippen LogP contribution in [0.15, 0.2) is 40.9 Å². The van der Waals surface area contributed by atoms with Gasteiger partial charge in [-0.25, -0.2) is 0 Å². The molecule has 0 saturated carbocycles. The first-order valence-corrected chi connectivity index (χ1v) is 7.27. The Kier molecular flexibility index (Phi) is 3.54. The zero-order chi connectivity index (χ0) is 14.3. The van der Waals surface area contributed by atoms with E-state index in [1.165, 1.54) is 0 Å². The standard InChI is InChI=1S/C15H11BrClNO2/c16-10-3-1-8(2-4-10)15(20)11-5-9-6-14(19)18-13(9)7-12(11)17/h1-5,7,15,20H,6H2,(H,18,19). The van der Waals surface area contributed by atoms with E-state index in [0.717, 1.165) is 21.3 Å². The number of fused-ring (bicyclic) bond motifs is 1. The highest BCUT2D eigenvalue weighted by Crippen LogP contribution is 2.35. The minimum absolute atomic E-state index is 0.0497. The molecule has 1 atom stereocenters. The number of rotatable bonds is 2. The van der Waals surface area contributed by atoms with Gasteiger partial charge in [0.25, 0.3) is 0 Å². The Morgan fingerprint density at radius 3 is 2.65 bits per heavy atom. The number of carbonyl (C=O) groups excluding carboxylic acids is 1. The lowest BCUT2D eigenvalue weighted by Crippen LogP contribution is -2.03. The smallest absolute Gasteiger partial charge is 0.228 e. The number of hydrogen-bond donors (Lipinski definition) is 2. The second kappa shape index (κ2) is 5.20. The van der Waals surface area contributed by atoms with Crippen molar-refractivity contribution in [2.24, 2.45) is 0 Å². The van der Waals surface area contributed by atoms with Gasteiger partial charge in [0.2, 0.25) is 5.91 Å². The normalized spacial score (nSPS) is 14.8. The number of aliphatic hydroxyl groups excluding tert-OH is 1. The lowest BCUT2D eigenvalue weighted by molar-refractivity contribution is -0.115. The van der Waals surface area contributed by atoms with Gasteiger partial charge in [-0.05, 0) is 35.4 Å². The lowest BCUT2D eigenvalue weighted by Gasteiger charge is -2.15. The van der Waals surface area contributed by atoms with Gasteiger partial charge < -0.3 is 10.4 Å². The van der Waals surface area contributed by atoms with Crippen molar-refractivity contribution in [2.75, 3.05) is 5.32 Å². The van der Waals surface area contributed by atoms with Crippen LogP contribution in [0.1, 0.15) is 22.8 Å².